The van der Waals surface area contributed by atoms with Gasteiger partial charge < -0.3 is 10.9 Å². The zero-order valence-corrected chi connectivity index (χ0v) is 10.6. The van der Waals surface area contributed by atoms with Gasteiger partial charge in [-0.3, -0.25) is 0 Å². The van der Waals surface area contributed by atoms with Crippen molar-refractivity contribution in [1.29, 1.82) is 0 Å². The molecule has 0 fully saturated rings. The predicted octanol–water partition coefficient (Wildman–Crippen LogP) is 2.07. The molecule has 0 aliphatic carbocycles. The van der Waals surface area contributed by atoms with E-state index in [1.54, 1.807) is 0 Å². The van der Waals surface area contributed by atoms with Crippen molar-refractivity contribution in [2.75, 3.05) is 5.73 Å². The van der Waals surface area contributed by atoms with E-state index >= 15 is 0 Å². The Morgan fingerprint density at radius 3 is 2.32 bits per heavy atom. The Hall–Kier alpha value is -2.97. The molecular weight excluding hydrogens is 304 g/mol. The van der Waals surface area contributed by atoms with Crippen molar-refractivity contribution in [1.82, 2.24) is 9.97 Å². The zero-order chi connectivity index (χ0) is 16.0. The zero-order valence-electron chi connectivity index (χ0n) is 10.6. The molecule has 3 rings (SSSR count). The van der Waals surface area contributed by atoms with Gasteiger partial charge in [-0.1, -0.05) is 0 Å². The number of nitrogen functional groups attached to an aromatic ring is 1. The number of fused-ring (bicyclic) bond motifs is 1. The minimum atomic E-state index is -1.37. The number of nitrogens with zero attached hydrogens (tertiary/aromatic N) is 3. The standard InChI is InChI=1S/C13H6F4N4O/c14-5-3-6(15)8(7(16)4-5)9-10(18)11-13(20-12(9)17)21(22)2-1-19-11/h1-4H,(H2,18,20). The van der Waals surface area contributed by atoms with Crippen LogP contribution in [0.3, 0.4) is 0 Å². The summed E-state index contributed by atoms with van der Waals surface area (Å²) < 4.78 is 54.9. The van der Waals surface area contributed by atoms with Crippen LogP contribution >= 0.6 is 0 Å². The first-order valence-electron chi connectivity index (χ1n) is 5.88. The lowest BCUT2D eigenvalue weighted by molar-refractivity contribution is -0.579. The van der Waals surface area contributed by atoms with Gasteiger partial charge in [0, 0.05) is 12.1 Å². The summed E-state index contributed by atoms with van der Waals surface area (Å²) in [6.45, 7) is 0. The highest BCUT2D eigenvalue weighted by Crippen LogP contribution is 2.35. The fourth-order valence-electron chi connectivity index (χ4n) is 2.09. The van der Waals surface area contributed by atoms with E-state index in [1.807, 2.05) is 0 Å². The molecule has 5 nitrogen and oxygen atoms in total. The van der Waals surface area contributed by atoms with E-state index < -0.39 is 45.9 Å². The molecule has 0 radical (unpaired) electrons. The summed E-state index contributed by atoms with van der Waals surface area (Å²) in [5.41, 5.74) is 2.93. The van der Waals surface area contributed by atoms with E-state index in [9.17, 15) is 22.8 Å². The minimum Gasteiger partial charge on any atom is -0.710 e. The van der Waals surface area contributed by atoms with E-state index in [-0.39, 0.29) is 10.2 Å². The van der Waals surface area contributed by atoms with Crippen molar-refractivity contribution >= 4 is 16.9 Å². The van der Waals surface area contributed by atoms with Gasteiger partial charge in [-0.2, -0.15) is 4.39 Å². The van der Waals surface area contributed by atoms with Gasteiger partial charge in [-0.05, 0) is 4.98 Å². The molecule has 3 aromatic rings. The summed E-state index contributed by atoms with van der Waals surface area (Å²) in [4.78, 5) is 7.08. The molecule has 0 amide bonds. The average Bonchev–Trinajstić information content (AvgIpc) is 2.42. The monoisotopic (exact) mass is 310 g/mol. The van der Waals surface area contributed by atoms with Crippen LogP contribution in [0.4, 0.5) is 23.2 Å². The molecule has 1 aromatic carbocycles. The summed E-state index contributed by atoms with van der Waals surface area (Å²) in [6.07, 6.45) is 2.04. The largest absolute Gasteiger partial charge is 0.710 e. The van der Waals surface area contributed by atoms with Gasteiger partial charge >= 0.3 is 11.6 Å². The van der Waals surface area contributed by atoms with Gasteiger partial charge in [0.2, 0.25) is 0 Å². The lowest BCUT2D eigenvalue weighted by atomic mass is 10.0. The summed E-state index contributed by atoms with van der Waals surface area (Å²) in [7, 11) is 0. The lowest BCUT2D eigenvalue weighted by Gasteiger charge is -2.10. The molecule has 2 heterocycles. The van der Waals surface area contributed by atoms with Gasteiger partial charge in [-0.15, -0.1) is 0 Å². The molecule has 0 aliphatic rings. The number of hydrogen-bond donors (Lipinski definition) is 1. The van der Waals surface area contributed by atoms with Gasteiger partial charge in [0.05, 0.1) is 23.0 Å². The Labute approximate surface area is 120 Å². The lowest BCUT2D eigenvalue weighted by Crippen LogP contribution is -2.28. The molecule has 0 bridgehead atoms. The van der Waals surface area contributed by atoms with Crippen LogP contribution < -0.4 is 10.5 Å². The van der Waals surface area contributed by atoms with Crippen LogP contribution in [-0.4, -0.2) is 9.97 Å². The van der Waals surface area contributed by atoms with E-state index in [1.165, 1.54) is 0 Å². The van der Waals surface area contributed by atoms with Crippen molar-refractivity contribution in [2.45, 2.75) is 0 Å². The maximum absolute atomic E-state index is 14.1. The Bertz CT molecular complexity index is 893. The van der Waals surface area contributed by atoms with Crippen LogP contribution in [0.25, 0.3) is 22.3 Å². The number of anilines is 1. The second kappa shape index (κ2) is 4.79. The van der Waals surface area contributed by atoms with E-state index in [2.05, 4.69) is 9.97 Å². The van der Waals surface area contributed by atoms with Crippen LogP contribution in [-0.2, 0) is 0 Å². The first kappa shape index (κ1) is 14.0. The van der Waals surface area contributed by atoms with Crippen molar-refractivity contribution in [3.63, 3.8) is 0 Å². The molecule has 9 heteroatoms. The first-order valence-corrected chi connectivity index (χ1v) is 5.88. The Morgan fingerprint density at radius 2 is 1.68 bits per heavy atom. The third-order valence-electron chi connectivity index (χ3n) is 3.02. The highest BCUT2D eigenvalue weighted by atomic mass is 19.1. The molecule has 2 aromatic heterocycles. The fourth-order valence-corrected chi connectivity index (χ4v) is 2.09. The van der Waals surface area contributed by atoms with Crippen LogP contribution in [0, 0.1) is 28.6 Å². The quantitative estimate of drug-likeness (QED) is 0.323. The summed E-state index contributed by atoms with van der Waals surface area (Å²) in [5, 5.41) is 11.5. The third-order valence-corrected chi connectivity index (χ3v) is 3.02. The summed E-state index contributed by atoms with van der Waals surface area (Å²) in [5.74, 6) is -5.24. The molecule has 0 saturated heterocycles. The summed E-state index contributed by atoms with van der Waals surface area (Å²) in [6, 6.07) is 0.765. The Balaban J connectivity index is 2.43. The highest BCUT2D eigenvalue weighted by molar-refractivity contribution is 5.93. The van der Waals surface area contributed by atoms with Crippen LogP contribution in [0.5, 0.6) is 0 Å². The van der Waals surface area contributed by atoms with Crippen molar-refractivity contribution in [3.8, 4) is 11.1 Å². The summed E-state index contributed by atoms with van der Waals surface area (Å²) >= 11 is 0. The second-order valence-electron chi connectivity index (χ2n) is 4.36. The second-order valence-corrected chi connectivity index (χ2v) is 4.36. The van der Waals surface area contributed by atoms with Crippen LogP contribution in [0.2, 0.25) is 0 Å². The number of benzene rings is 1. The van der Waals surface area contributed by atoms with Gasteiger partial charge in [0.1, 0.15) is 23.6 Å². The molecule has 0 atom stereocenters. The number of hydrogen-bond acceptors (Lipinski definition) is 4. The van der Waals surface area contributed by atoms with Crippen molar-refractivity contribution in [2.24, 2.45) is 0 Å². The number of aromatic nitrogens is 3. The predicted molar refractivity (Wildman–Crippen MR) is 68.2 cm³/mol. The number of halogens is 4. The average molecular weight is 310 g/mol. The number of rotatable bonds is 1. The molecular formula is C13H6F4N4O. The normalized spacial score (nSPS) is 11.1. The first-order chi connectivity index (χ1) is 10.4. The maximum atomic E-state index is 14.1. The van der Waals surface area contributed by atoms with Gasteiger partial charge in [0.15, 0.2) is 5.52 Å². The number of pyridine rings is 1. The fraction of sp³-hybridized carbons (Fsp3) is 0. The van der Waals surface area contributed by atoms with E-state index in [0.717, 1.165) is 12.4 Å². The molecule has 0 aliphatic heterocycles. The topological polar surface area (TPSA) is 78.7 Å². The molecule has 2 N–H and O–H groups in total. The Kier molecular flexibility index (Phi) is 3.05. The molecule has 112 valence electrons. The molecule has 0 saturated carbocycles. The SMILES string of the molecule is Nc1c(-c2c(F)cc(F)cc2F)c(F)nc2c1ncc[n+]2[O-]. The van der Waals surface area contributed by atoms with Gasteiger partial charge in [-0.25, -0.2) is 22.9 Å². The van der Waals surface area contributed by atoms with E-state index in [0.29, 0.717) is 12.1 Å². The number of nitrogens with two attached hydrogens (primary N) is 1. The van der Waals surface area contributed by atoms with Crippen LogP contribution in [0.1, 0.15) is 0 Å². The van der Waals surface area contributed by atoms with Crippen molar-refractivity contribution in [3.05, 3.63) is 53.1 Å². The molecule has 22 heavy (non-hydrogen) atoms. The molecule has 0 spiro atoms. The third kappa shape index (κ3) is 1.98. The van der Waals surface area contributed by atoms with E-state index in [4.69, 9.17) is 5.73 Å². The van der Waals surface area contributed by atoms with Crippen molar-refractivity contribution < 1.29 is 22.3 Å². The van der Waals surface area contributed by atoms with Crippen LogP contribution in [0.15, 0.2) is 24.5 Å². The maximum Gasteiger partial charge on any atom is 0.357 e. The van der Waals surface area contributed by atoms with Gasteiger partial charge in [0.25, 0.3) is 0 Å². The minimum absolute atomic E-state index is 0.211. The highest BCUT2D eigenvalue weighted by Gasteiger charge is 2.27. The Morgan fingerprint density at radius 1 is 1.05 bits per heavy atom. The smallest absolute Gasteiger partial charge is 0.357 e. The molecule has 0 unspecified atom stereocenters.